The summed E-state index contributed by atoms with van der Waals surface area (Å²) in [7, 11) is 0. The minimum atomic E-state index is -0.580. The largest absolute Gasteiger partial charge is 0.433 e. The molecule has 1 heterocycles. The molecule has 112 valence electrons. The number of hydrogen-bond donors (Lipinski definition) is 1. The third-order valence-electron chi connectivity index (χ3n) is 3.16. The zero-order valence-electron chi connectivity index (χ0n) is 11.7. The van der Waals surface area contributed by atoms with Crippen molar-refractivity contribution in [2.45, 2.75) is 25.8 Å². The Morgan fingerprint density at radius 3 is 2.71 bits per heavy atom. The summed E-state index contributed by atoms with van der Waals surface area (Å²) in [4.78, 5) is 10.1. The third kappa shape index (κ3) is 3.88. The Kier molecular flexibility index (Phi) is 5.05. The molecule has 6 heteroatoms. The highest BCUT2D eigenvalue weighted by atomic mass is 19.1. The zero-order chi connectivity index (χ0) is 15.2. The van der Waals surface area contributed by atoms with E-state index in [0.717, 1.165) is 6.42 Å². The number of furan rings is 1. The van der Waals surface area contributed by atoms with Gasteiger partial charge in [0.2, 0.25) is 0 Å². The van der Waals surface area contributed by atoms with Crippen LogP contribution in [-0.2, 0) is 6.42 Å². The van der Waals surface area contributed by atoms with Crippen LogP contribution in [0.1, 0.15) is 30.7 Å². The number of rotatable bonds is 7. The first-order valence-corrected chi connectivity index (χ1v) is 6.82. The van der Waals surface area contributed by atoms with Crippen LogP contribution < -0.4 is 5.32 Å². The Labute approximate surface area is 121 Å². The number of nitrogens with one attached hydrogen (secondary N) is 1. The predicted molar refractivity (Wildman–Crippen MR) is 76.5 cm³/mol. The number of hydrogen-bond acceptors (Lipinski definition) is 4. The number of benzene rings is 1. The molecule has 21 heavy (non-hydrogen) atoms. The zero-order valence-corrected chi connectivity index (χ0v) is 11.7. The van der Waals surface area contributed by atoms with Gasteiger partial charge in [0.25, 0.3) is 0 Å². The molecule has 0 aliphatic heterocycles. The normalized spacial score (nSPS) is 12.3. The van der Waals surface area contributed by atoms with Crippen molar-refractivity contribution < 1.29 is 13.7 Å². The highest BCUT2D eigenvalue weighted by Gasteiger charge is 2.20. The molecule has 0 fully saturated rings. The van der Waals surface area contributed by atoms with Gasteiger partial charge in [-0.25, -0.2) is 4.39 Å². The van der Waals surface area contributed by atoms with Crippen LogP contribution in [0.5, 0.6) is 0 Å². The maximum absolute atomic E-state index is 13.8. The van der Waals surface area contributed by atoms with E-state index in [4.69, 9.17) is 4.42 Å². The second-order valence-corrected chi connectivity index (χ2v) is 4.74. The average molecular weight is 292 g/mol. The summed E-state index contributed by atoms with van der Waals surface area (Å²) in [5.41, 5.74) is 0.546. The van der Waals surface area contributed by atoms with Gasteiger partial charge in [0.05, 0.1) is 12.1 Å². The number of nitrogens with zero attached hydrogens (tertiary/aromatic N) is 1. The van der Waals surface area contributed by atoms with Crippen LogP contribution in [0.25, 0.3) is 0 Å². The molecule has 0 amide bonds. The van der Waals surface area contributed by atoms with E-state index in [1.165, 1.54) is 12.1 Å². The van der Waals surface area contributed by atoms with Gasteiger partial charge in [0.1, 0.15) is 16.5 Å². The smallest absolute Gasteiger partial charge is 0.404 e. The van der Waals surface area contributed by atoms with Crippen molar-refractivity contribution in [3.63, 3.8) is 0 Å². The van der Waals surface area contributed by atoms with Gasteiger partial charge in [-0.3, -0.25) is 10.1 Å². The van der Waals surface area contributed by atoms with Crippen LogP contribution in [0, 0.1) is 15.9 Å². The topological polar surface area (TPSA) is 68.3 Å². The van der Waals surface area contributed by atoms with E-state index in [2.05, 4.69) is 5.32 Å². The minimum Gasteiger partial charge on any atom is -0.404 e. The van der Waals surface area contributed by atoms with E-state index in [0.29, 0.717) is 24.3 Å². The van der Waals surface area contributed by atoms with Crippen LogP contribution in [0.3, 0.4) is 0 Å². The van der Waals surface area contributed by atoms with Crippen molar-refractivity contribution in [3.8, 4) is 0 Å². The summed E-state index contributed by atoms with van der Waals surface area (Å²) in [6.45, 7) is 2.73. The van der Waals surface area contributed by atoms with Gasteiger partial charge in [-0.2, -0.15) is 0 Å². The molecule has 0 radical (unpaired) electrons. The van der Waals surface area contributed by atoms with Crippen molar-refractivity contribution in [1.82, 2.24) is 5.32 Å². The van der Waals surface area contributed by atoms with Crippen LogP contribution >= 0.6 is 0 Å². The fourth-order valence-electron chi connectivity index (χ4n) is 2.10. The van der Waals surface area contributed by atoms with E-state index < -0.39 is 4.92 Å². The van der Waals surface area contributed by atoms with E-state index in [1.807, 2.05) is 6.92 Å². The SMILES string of the molecule is CCCNC(Cc1ccccc1F)c1ccc([N+](=O)[O-])o1. The van der Waals surface area contributed by atoms with Gasteiger partial charge in [-0.05, 0) is 37.1 Å². The Bertz CT molecular complexity index is 612. The predicted octanol–water partition coefficient (Wildman–Crippen LogP) is 3.61. The first kappa shape index (κ1) is 15.2. The fourth-order valence-corrected chi connectivity index (χ4v) is 2.10. The molecular weight excluding hydrogens is 275 g/mol. The summed E-state index contributed by atoms with van der Waals surface area (Å²) in [6, 6.07) is 9.08. The van der Waals surface area contributed by atoms with Gasteiger partial charge in [0.15, 0.2) is 0 Å². The lowest BCUT2D eigenvalue weighted by Crippen LogP contribution is -2.24. The van der Waals surface area contributed by atoms with E-state index in [-0.39, 0.29) is 17.7 Å². The molecule has 0 aliphatic rings. The standard InChI is InChI=1S/C15H17FN2O3/c1-2-9-17-13(10-11-5-3-4-6-12(11)16)14-7-8-15(21-14)18(19)20/h3-8,13,17H,2,9-10H2,1H3. The van der Waals surface area contributed by atoms with Crippen LogP contribution in [0.15, 0.2) is 40.8 Å². The summed E-state index contributed by atoms with van der Waals surface area (Å²) in [5.74, 6) is -0.151. The second-order valence-electron chi connectivity index (χ2n) is 4.74. The van der Waals surface area contributed by atoms with E-state index in [1.54, 1.807) is 24.3 Å². The highest BCUT2D eigenvalue weighted by Crippen LogP contribution is 2.25. The fraction of sp³-hybridized carbons (Fsp3) is 0.333. The lowest BCUT2D eigenvalue weighted by molar-refractivity contribution is -0.402. The number of halogens is 1. The maximum atomic E-state index is 13.8. The summed E-state index contributed by atoms with van der Waals surface area (Å²) in [5, 5.41) is 13.9. The molecule has 5 nitrogen and oxygen atoms in total. The van der Waals surface area contributed by atoms with Crippen LogP contribution in [0.2, 0.25) is 0 Å². The first-order valence-electron chi connectivity index (χ1n) is 6.82. The van der Waals surface area contributed by atoms with Crippen molar-refractivity contribution >= 4 is 5.88 Å². The Morgan fingerprint density at radius 2 is 2.10 bits per heavy atom. The lowest BCUT2D eigenvalue weighted by atomic mass is 10.0. The van der Waals surface area contributed by atoms with Crippen molar-refractivity contribution in [3.05, 3.63) is 63.7 Å². The van der Waals surface area contributed by atoms with Crippen molar-refractivity contribution in [2.24, 2.45) is 0 Å². The highest BCUT2D eigenvalue weighted by molar-refractivity contribution is 5.24. The summed E-state index contributed by atoms with van der Waals surface area (Å²) in [6.07, 6.45) is 1.27. The quantitative estimate of drug-likeness (QED) is 0.625. The molecule has 0 saturated carbocycles. The maximum Gasteiger partial charge on any atom is 0.433 e. The lowest BCUT2D eigenvalue weighted by Gasteiger charge is -2.16. The molecule has 2 rings (SSSR count). The molecule has 1 aromatic heterocycles. The second kappa shape index (κ2) is 6.99. The van der Waals surface area contributed by atoms with Crippen LogP contribution in [-0.4, -0.2) is 11.5 Å². The van der Waals surface area contributed by atoms with Gasteiger partial charge in [-0.15, -0.1) is 0 Å². The third-order valence-corrected chi connectivity index (χ3v) is 3.16. The molecule has 1 N–H and O–H groups in total. The molecular formula is C15H17FN2O3. The van der Waals surface area contributed by atoms with Gasteiger partial charge in [0, 0.05) is 0 Å². The van der Waals surface area contributed by atoms with Gasteiger partial charge >= 0.3 is 5.88 Å². The van der Waals surface area contributed by atoms with Gasteiger partial charge in [-0.1, -0.05) is 25.1 Å². The molecule has 1 aromatic carbocycles. The van der Waals surface area contributed by atoms with Crippen molar-refractivity contribution in [1.29, 1.82) is 0 Å². The molecule has 1 atom stereocenters. The Hall–Kier alpha value is -2.21. The number of nitro groups is 1. The monoisotopic (exact) mass is 292 g/mol. The van der Waals surface area contributed by atoms with E-state index >= 15 is 0 Å². The Balaban J connectivity index is 2.21. The molecule has 2 aromatic rings. The summed E-state index contributed by atoms with van der Waals surface area (Å²) < 4.78 is 19.0. The molecule has 1 unspecified atom stereocenters. The molecule has 0 saturated heterocycles. The van der Waals surface area contributed by atoms with Gasteiger partial charge < -0.3 is 9.73 Å². The van der Waals surface area contributed by atoms with E-state index in [9.17, 15) is 14.5 Å². The summed E-state index contributed by atoms with van der Waals surface area (Å²) >= 11 is 0. The van der Waals surface area contributed by atoms with Crippen LogP contribution in [0.4, 0.5) is 10.3 Å². The minimum absolute atomic E-state index is 0.290. The first-order chi connectivity index (χ1) is 10.1. The average Bonchev–Trinajstić information content (AvgIpc) is 2.95. The Morgan fingerprint density at radius 1 is 1.33 bits per heavy atom. The molecule has 0 spiro atoms. The molecule has 0 aliphatic carbocycles. The molecule has 0 bridgehead atoms. The van der Waals surface area contributed by atoms with Crippen molar-refractivity contribution in [2.75, 3.05) is 6.54 Å².